The van der Waals surface area contributed by atoms with Crippen molar-refractivity contribution >= 4 is 0 Å². The number of aryl methyl sites for hydroxylation is 1. The number of unbranched alkanes of at least 4 members (excludes halogenated alkanes) is 2. The predicted molar refractivity (Wildman–Crippen MR) is 120 cm³/mol. The maximum Gasteiger partial charge on any atom is 0.157 e. The Labute approximate surface area is 177 Å². The molecule has 2 rings (SSSR count). The van der Waals surface area contributed by atoms with Gasteiger partial charge in [-0.2, -0.15) is 0 Å². The monoisotopic (exact) mass is 398 g/mol. The van der Waals surface area contributed by atoms with Crippen molar-refractivity contribution in [2.24, 2.45) is 0 Å². The second kappa shape index (κ2) is 13.6. The minimum Gasteiger partial charge on any atom is -0.376 e. The summed E-state index contributed by atoms with van der Waals surface area (Å²) in [5, 5.41) is 10.6. The Kier molecular flexibility index (Phi) is 11.1. The molecule has 0 amide bonds. The zero-order chi connectivity index (χ0) is 20.9. The Bertz CT molecular complexity index is 664. The number of hydrogen-bond acceptors (Lipinski definition) is 3. The number of ether oxygens (including phenoxy) is 2. The quantitative estimate of drug-likeness (QED) is 0.281. The Morgan fingerprint density at radius 3 is 2.90 bits per heavy atom. The highest BCUT2D eigenvalue weighted by Crippen LogP contribution is 2.23. The maximum absolute atomic E-state index is 10.6. The topological polar surface area (TPSA) is 38.7 Å². The SMILES string of the molecule is C=CCc1c(C)cccc1[C@@H](O)C#CCC[C@H](CCCCC)OC1CCCCO1. The van der Waals surface area contributed by atoms with Crippen LogP contribution in [0.5, 0.6) is 0 Å². The van der Waals surface area contributed by atoms with Crippen molar-refractivity contribution in [1.82, 2.24) is 0 Å². The van der Waals surface area contributed by atoms with Gasteiger partial charge in [0.1, 0.15) is 6.10 Å². The molecule has 1 unspecified atom stereocenters. The summed E-state index contributed by atoms with van der Waals surface area (Å²) in [6, 6.07) is 6.00. The third-order valence-electron chi connectivity index (χ3n) is 5.53. The molecule has 3 atom stereocenters. The van der Waals surface area contributed by atoms with Crippen LogP contribution in [-0.4, -0.2) is 24.1 Å². The van der Waals surface area contributed by atoms with E-state index >= 15 is 0 Å². The third-order valence-corrected chi connectivity index (χ3v) is 5.53. The van der Waals surface area contributed by atoms with Crippen molar-refractivity contribution in [2.75, 3.05) is 6.61 Å². The number of hydrogen-bond donors (Lipinski definition) is 1. The van der Waals surface area contributed by atoms with E-state index in [2.05, 4.69) is 38.3 Å². The van der Waals surface area contributed by atoms with E-state index in [0.717, 1.165) is 56.3 Å². The Balaban J connectivity index is 1.91. The summed E-state index contributed by atoms with van der Waals surface area (Å²) in [4.78, 5) is 0. The molecule has 1 aromatic rings. The van der Waals surface area contributed by atoms with Gasteiger partial charge in [0, 0.05) is 13.0 Å². The Morgan fingerprint density at radius 1 is 1.31 bits per heavy atom. The van der Waals surface area contributed by atoms with Crippen LogP contribution in [0.1, 0.15) is 87.5 Å². The zero-order valence-corrected chi connectivity index (χ0v) is 18.3. The lowest BCUT2D eigenvalue weighted by Crippen LogP contribution is -2.28. The van der Waals surface area contributed by atoms with Crippen LogP contribution in [0.3, 0.4) is 0 Å². The predicted octanol–water partition coefficient (Wildman–Crippen LogP) is 6.03. The fourth-order valence-corrected chi connectivity index (χ4v) is 3.82. The zero-order valence-electron chi connectivity index (χ0n) is 18.3. The molecular weight excluding hydrogens is 360 g/mol. The van der Waals surface area contributed by atoms with E-state index in [4.69, 9.17) is 9.47 Å². The van der Waals surface area contributed by atoms with E-state index in [1.54, 1.807) is 0 Å². The number of aliphatic hydroxyl groups excluding tert-OH is 1. The van der Waals surface area contributed by atoms with Crippen LogP contribution >= 0.6 is 0 Å². The van der Waals surface area contributed by atoms with Gasteiger partial charge in [-0.1, -0.05) is 56.4 Å². The molecule has 0 aliphatic carbocycles. The minimum atomic E-state index is -0.758. The van der Waals surface area contributed by atoms with E-state index in [1.165, 1.54) is 31.2 Å². The van der Waals surface area contributed by atoms with Gasteiger partial charge < -0.3 is 14.6 Å². The first-order chi connectivity index (χ1) is 14.2. The van der Waals surface area contributed by atoms with E-state index in [9.17, 15) is 5.11 Å². The van der Waals surface area contributed by atoms with Crippen LogP contribution in [-0.2, 0) is 15.9 Å². The van der Waals surface area contributed by atoms with Crippen LogP contribution in [0.25, 0.3) is 0 Å². The van der Waals surface area contributed by atoms with Gasteiger partial charge in [-0.05, 0) is 62.1 Å². The molecule has 160 valence electrons. The van der Waals surface area contributed by atoms with Crippen LogP contribution in [0.15, 0.2) is 30.9 Å². The summed E-state index contributed by atoms with van der Waals surface area (Å²) in [5.41, 5.74) is 3.18. The highest BCUT2D eigenvalue weighted by Gasteiger charge is 2.19. The fourth-order valence-electron chi connectivity index (χ4n) is 3.82. The van der Waals surface area contributed by atoms with E-state index < -0.39 is 6.10 Å². The smallest absolute Gasteiger partial charge is 0.157 e. The summed E-state index contributed by atoms with van der Waals surface area (Å²) in [6.07, 6.45) is 11.6. The molecule has 29 heavy (non-hydrogen) atoms. The van der Waals surface area contributed by atoms with Crippen molar-refractivity contribution < 1.29 is 14.6 Å². The summed E-state index contributed by atoms with van der Waals surface area (Å²) in [5.74, 6) is 6.22. The van der Waals surface area contributed by atoms with Crippen LogP contribution < -0.4 is 0 Å². The number of rotatable bonds is 11. The van der Waals surface area contributed by atoms with Gasteiger partial charge in [0.2, 0.25) is 0 Å². The summed E-state index contributed by atoms with van der Waals surface area (Å²) < 4.78 is 12.0. The second-order valence-electron chi connectivity index (χ2n) is 7.95. The van der Waals surface area contributed by atoms with E-state index in [1.807, 2.05) is 18.2 Å². The van der Waals surface area contributed by atoms with Crippen molar-refractivity contribution in [1.29, 1.82) is 0 Å². The van der Waals surface area contributed by atoms with Crippen molar-refractivity contribution in [3.05, 3.63) is 47.5 Å². The van der Waals surface area contributed by atoms with Crippen LogP contribution in [0.4, 0.5) is 0 Å². The molecule has 0 saturated carbocycles. The second-order valence-corrected chi connectivity index (χ2v) is 7.95. The van der Waals surface area contributed by atoms with Gasteiger partial charge in [0.25, 0.3) is 0 Å². The van der Waals surface area contributed by atoms with Crippen molar-refractivity contribution in [3.63, 3.8) is 0 Å². The molecule has 1 aliphatic rings. The molecule has 3 nitrogen and oxygen atoms in total. The normalized spacial score (nSPS) is 18.5. The summed E-state index contributed by atoms with van der Waals surface area (Å²) in [6.45, 7) is 8.92. The van der Waals surface area contributed by atoms with Gasteiger partial charge in [0.05, 0.1) is 6.10 Å². The molecule has 0 aromatic heterocycles. The number of benzene rings is 1. The largest absolute Gasteiger partial charge is 0.376 e. The van der Waals surface area contributed by atoms with Crippen LogP contribution in [0, 0.1) is 18.8 Å². The average molecular weight is 399 g/mol. The van der Waals surface area contributed by atoms with Gasteiger partial charge in [-0.25, -0.2) is 0 Å². The van der Waals surface area contributed by atoms with Gasteiger partial charge >= 0.3 is 0 Å². The molecule has 1 fully saturated rings. The first-order valence-corrected chi connectivity index (χ1v) is 11.3. The molecule has 0 bridgehead atoms. The molecule has 1 saturated heterocycles. The average Bonchev–Trinajstić information content (AvgIpc) is 2.73. The lowest BCUT2D eigenvalue weighted by molar-refractivity contribution is -0.190. The van der Waals surface area contributed by atoms with Gasteiger partial charge in [-0.3, -0.25) is 0 Å². The molecule has 1 aromatic carbocycles. The number of aliphatic hydroxyl groups is 1. The van der Waals surface area contributed by atoms with Gasteiger partial charge in [0.15, 0.2) is 6.29 Å². The lowest BCUT2D eigenvalue weighted by atomic mass is 9.95. The van der Waals surface area contributed by atoms with E-state index in [-0.39, 0.29) is 12.4 Å². The minimum absolute atomic E-state index is 0.0531. The molecule has 3 heteroatoms. The maximum atomic E-state index is 10.6. The Hall–Kier alpha value is -1.60. The highest BCUT2D eigenvalue weighted by molar-refractivity contribution is 5.40. The van der Waals surface area contributed by atoms with Crippen molar-refractivity contribution in [3.8, 4) is 11.8 Å². The fraction of sp³-hybridized carbons (Fsp3) is 0.615. The number of allylic oxidation sites excluding steroid dienone is 1. The molecule has 1 aliphatic heterocycles. The molecule has 1 N–H and O–H groups in total. The molecule has 0 spiro atoms. The Morgan fingerprint density at radius 2 is 2.17 bits per heavy atom. The summed E-state index contributed by atoms with van der Waals surface area (Å²) in [7, 11) is 0. The molecular formula is C26H38O3. The van der Waals surface area contributed by atoms with E-state index in [0.29, 0.717) is 0 Å². The molecule has 0 radical (unpaired) electrons. The summed E-state index contributed by atoms with van der Waals surface area (Å²) >= 11 is 0. The standard InChI is InChI=1S/C26H38O3/c1-4-6-7-15-22(29-26-19-10-11-20-28-26)16-8-9-18-25(27)24-17-12-14-21(3)23(24)13-5-2/h5,12,14,17,22,25-27H,2,4,6-8,10-11,13,15-16,19-20H2,1,3H3/t22-,25-,26?/m0/s1. The van der Waals surface area contributed by atoms with Gasteiger partial charge in [-0.15, -0.1) is 12.5 Å². The first-order valence-electron chi connectivity index (χ1n) is 11.3. The molecule has 1 heterocycles. The first kappa shape index (κ1) is 23.7. The third kappa shape index (κ3) is 8.34. The lowest BCUT2D eigenvalue weighted by Gasteiger charge is -2.27. The highest BCUT2D eigenvalue weighted by atomic mass is 16.7. The van der Waals surface area contributed by atoms with Crippen molar-refractivity contribution in [2.45, 2.75) is 96.6 Å². The van der Waals surface area contributed by atoms with Crippen LogP contribution in [0.2, 0.25) is 0 Å².